The topological polar surface area (TPSA) is 74.0 Å². The molecule has 3 heterocycles. The predicted octanol–water partition coefficient (Wildman–Crippen LogP) is 5.87. The van der Waals surface area contributed by atoms with Crippen LogP contribution < -0.4 is 5.73 Å². The number of nitrogens with zero attached hydrogens (tertiary/aromatic N) is 5. The van der Waals surface area contributed by atoms with E-state index in [1.807, 2.05) is 29.8 Å². The summed E-state index contributed by atoms with van der Waals surface area (Å²) in [7, 11) is 6.02. The van der Waals surface area contributed by atoms with Gasteiger partial charge < -0.3 is 24.3 Å². The Kier molecular flexibility index (Phi) is 8.38. The summed E-state index contributed by atoms with van der Waals surface area (Å²) in [4.78, 5) is 20.0. The number of hydrogen-bond donors (Lipinski definition) is 1. The number of aryl methyl sites for hydroxylation is 3. The molecule has 0 unspecified atom stereocenters. The molecule has 2 N–H and O–H groups in total. The van der Waals surface area contributed by atoms with Gasteiger partial charge in [-0.1, -0.05) is 12.8 Å². The van der Waals surface area contributed by atoms with Gasteiger partial charge in [-0.05, 0) is 93.6 Å². The van der Waals surface area contributed by atoms with Crippen LogP contribution in [0.2, 0.25) is 5.28 Å². The van der Waals surface area contributed by atoms with E-state index < -0.39 is 0 Å². The molecule has 5 rings (SSSR count). The number of imidazole rings is 1. The second kappa shape index (κ2) is 11.4. The summed E-state index contributed by atoms with van der Waals surface area (Å²) in [6.45, 7) is 9.71. The van der Waals surface area contributed by atoms with Crippen molar-refractivity contribution in [1.82, 2.24) is 23.6 Å². The molecule has 8 heteroatoms. The van der Waals surface area contributed by atoms with Crippen LogP contribution >= 0.6 is 11.6 Å². The summed E-state index contributed by atoms with van der Waals surface area (Å²) in [5, 5.41) is 0.433. The van der Waals surface area contributed by atoms with E-state index in [0.29, 0.717) is 30.0 Å². The Morgan fingerprint density at radius 1 is 0.947 bits per heavy atom. The van der Waals surface area contributed by atoms with Crippen molar-refractivity contribution in [1.29, 1.82) is 0 Å². The SMILES string of the molecule is Cc1cc(CN(C(=O)c2ccc3c(c2)nc(Cl)n3C)C2CCCC2)c(C)n1C.Cc1cc(CN)c(C)n1C. The number of halogens is 1. The maximum absolute atomic E-state index is 13.5. The van der Waals surface area contributed by atoms with Crippen molar-refractivity contribution in [2.45, 2.75) is 72.5 Å². The minimum absolute atomic E-state index is 0.0801. The lowest BCUT2D eigenvalue weighted by Gasteiger charge is -2.29. The van der Waals surface area contributed by atoms with Crippen LogP contribution in [0.1, 0.15) is 69.9 Å². The molecule has 1 aromatic carbocycles. The highest BCUT2D eigenvalue weighted by atomic mass is 35.5. The normalized spacial score (nSPS) is 13.7. The first-order chi connectivity index (χ1) is 18.0. The highest BCUT2D eigenvalue weighted by Gasteiger charge is 2.29. The minimum Gasteiger partial charge on any atom is -0.352 e. The van der Waals surface area contributed by atoms with E-state index in [1.54, 1.807) is 0 Å². The molecule has 0 saturated heterocycles. The number of amides is 1. The molecule has 1 saturated carbocycles. The lowest BCUT2D eigenvalue weighted by Crippen LogP contribution is -2.38. The molecule has 0 radical (unpaired) electrons. The molecule has 1 aliphatic rings. The van der Waals surface area contributed by atoms with Gasteiger partial charge in [-0.2, -0.15) is 0 Å². The summed E-state index contributed by atoms with van der Waals surface area (Å²) >= 11 is 6.15. The van der Waals surface area contributed by atoms with E-state index >= 15 is 0 Å². The third-order valence-electron chi connectivity index (χ3n) is 8.42. The van der Waals surface area contributed by atoms with Crippen LogP contribution in [0.5, 0.6) is 0 Å². The van der Waals surface area contributed by atoms with Crippen molar-refractivity contribution in [3.63, 3.8) is 0 Å². The van der Waals surface area contributed by atoms with Crippen molar-refractivity contribution >= 4 is 28.5 Å². The Labute approximate surface area is 231 Å². The molecule has 0 spiro atoms. The summed E-state index contributed by atoms with van der Waals surface area (Å²) in [6, 6.07) is 10.3. The number of fused-ring (bicyclic) bond motifs is 1. The first kappa shape index (κ1) is 28.0. The molecule has 0 atom stereocenters. The number of aromatic nitrogens is 4. The summed E-state index contributed by atoms with van der Waals surface area (Å²) in [6.07, 6.45) is 4.54. The summed E-state index contributed by atoms with van der Waals surface area (Å²) in [5.41, 5.74) is 15.4. The van der Waals surface area contributed by atoms with Gasteiger partial charge in [0.2, 0.25) is 5.28 Å². The summed E-state index contributed by atoms with van der Waals surface area (Å²) < 4.78 is 6.17. The maximum Gasteiger partial charge on any atom is 0.254 e. The van der Waals surface area contributed by atoms with Gasteiger partial charge in [0.05, 0.1) is 11.0 Å². The fraction of sp³-hybridized carbons (Fsp3) is 0.467. The standard InChI is InChI=1S/C22H27ClN4O.C8H14N2/c1-14-11-17(15(2)25(14)3)13-27(18-7-5-6-8-18)21(28)16-9-10-20-19(12-16)24-22(23)26(20)4;1-6-4-8(5-9)7(2)10(6)3/h9-12,18H,5-8,13H2,1-4H3;4H,5,9H2,1-3H3. The van der Waals surface area contributed by atoms with Crippen LogP contribution in [0, 0.1) is 27.7 Å². The number of nitrogens with two attached hydrogens (primary N) is 1. The number of carbonyl (C=O) groups excluding carboxylic acids is 1. The largest absolute Gasteiger partial charge is 0.352 e. The molecular formula is C30H41ClN6O. The average Bonchev–Trinajstić information content (AvgIpc) is 3.65. The van der Waals surface area contributed by atoms with Crippen molar-refractivity contribution < 1.29 is 4.79 Å². The molecule has 0 bridgehead atoms. The molecule has 3 aromatic heterocycles. The van der Waals surface area contributed by atoms with Gasteiger partial charge in [-0.25, -0.2) is 4.98 Å². The van der Waals surface area contributed by atoms with E-state index in [1.165, 1.54) is 46.7 Å². The predicted molar refractivity (Wildman–Crippen MR) is 156 cm³/mol. The average molecular weight is 537 g/mol. The highest BCUT2D eigenvalue weighted by Crippen LogP contribution is 2.29. The van der Waals surface area contributed by atoms with Crippen LogP contribution in [-0.4, -0.2) is 35.5 Å². The second-order valence-corrected chi connectivity index (χ2v) is 11.0. The molecule has 204 valence electrons. The van der Waals surface area contributed by atoms with Crippen LogP contribution in [-0.2, 0) is 34.2 Å². The van der Waals surface area contributed by atoms with Crippen molar-refractivity contribution in [2.24, 2.45) is 26.9 Å². The number of hydrogen-bond acceptors (Lipinski definition) is 3. The fourth-order valence-electron chi connectivity index (χ4n) is 5.47. The Morgan fingerprint density at radius 3 is 2.03 bits per heavy atom. The van der Waals surface area contributed by atoms with Gasteiger partial charge in [0, 0.05) is 68.6 Å². The smallest absolute Gasteiger partial charge is 0.254 e. The Hall–Kier alpha value is -3.03. The highest BCUT2D eigenvalue weighted by molar-refractivity contribution is 6.29. The molecule has 1 aliphatic carbocycles. The van der Waals surface area contributed by atoms with E-state index in [9.17, 15) is 4.79 Å². The van der Waals surface area contributed by atoms with Gasteiger partial charge in [-0.15, -0.1) is 0 Å². The zero-order valence-electron chi connectivity index (χ0n) is 23.8. The molecule has 1 amide bonds. The van der Waals surface area contributed by atoms with Gasteiger partial charge in [0.15, 0.2) is 0 Å². The van der Waals surface area contributed by atoms with Gasteiger partial charge in [-0.3, -0.25) is 4.79 Å². The lowest BCUT2D eigenvalue weighted by atomic mass is 10.1. The first-order valence-corrected chi connectivity index (χ1v) is 13.8. The Balaban J connectivity index is 0.000000283. The van der Waals surface area contributed by atoms with Gasteiger partial charge in [0.25, 0.3) is 5.91 Å². The lowest BCUT2D eigenvalue weighted by molar-refractivity contribution is 0.0664. The molecule has 1 fully saturated rings. The molecular weight excluding hydrogens is 496 g/mol. The minimum atomic E-state index is 0.0801. The summed E-state index contributed by atoms with van der Waals surface area (Å²) in [5.74, 6) is 0.0801. The van der Waals surface area contributed by atoms with E-state index in [-0.39, 0.29) is 5.91 Å². The molecule has 0 aliphatic heterocycles. The van der Waals surface area contributed by atoms with Crippen LogP contribution in [0.3, 0.4) is 0 Å². The van der Waals surface area contributed by atoms with Gasteiger partial charge in [0.1, 0.15) is 0 Å². The zero-order valence-corrected chi connectivity index (χ0v) is 24.6. The monoisotopic (exact) mass is 536 g/mol. The van der Waals surface area contributed by atoms with E-state index in [4.69, 9.17) is 17.3 Å². The van der Waals surface area contributed by atoms with Gasteiger partial charge >= 0.3 is 0 Å². The molecule has 38 heavy (non-hydrogen) atoms. The Bertz CT molecular complexity index is 1450. The van der Waals surface area contributed by atoms with Crippen molar-refractivity contribution in [3.8, 4) is 0 Å². The van der Waals surface area contributed by atoms with E-state index in [0.717, 1.165) is 23.9 Å². The molecule has 4 aromatic rings. The quantitative estimate of drug-likeness (QED) is 0.347. The fourth-order valence-corrected chi connectivity index (χ4v) is 5.65. The number of benzene rings is 1. The number of carbonyl (C=O) groups is 1. The Morgan fingerprint density at radius 2 is 1.53 bits per heavy atom. The first-order valence-electron chi connectivity index (χ1n) is 13.4. The third-order valence-corrected chi connectivity index (χ3v) is 8.76. The van der Waals surface area contributed by atoms with Crippen molar-refractivity contribution in [2.75, 3.05) is 0 Å². The maximum atomic E-state index is 13.5. The van der Waals surface area contributed by atoms with Crippen molar-refractivity contribution in [3.05, 3.63) is 75.1 Å². The third kappa shape index (κ3) is 5.40. The molecule has 7 nitrogen and oxygen atoms in total. The zero-order chi connectivity index (χ0) is 27.7. The van der Waals surface area contributed by atoms with E-state index in [2.05, 4.69) is 72.9 Å². The van der Waals surface area contributed by atoms with Crippen LogP contribution in [0.25, 0.3) is 11.0 Å². The number of rotatable bonds is 5. The second-order valence-electron chi connectivity index (χ2n) is 10.6. The van der Waals surface area contributed by atoms with Crippen LogP contribution in [0.15, 0.2) is 30.3 Å². The van der Waals surface area contributed by atoms with Crippen LogP contribution in [0.4, 0.5) is 0 Å².